The summed E-state index contributed by atoms with van der Waals surface area (Å²) in [7, 11) is 1.65. The SMILES string of the molecule is CC(CN(C)C(=O)c1cc(Cl)ccc1Br)/C(N)=N/O. The minimum Gasteiger partial charge on any atom is -0.409 e. The van der Waals surface area contributed by atoms with Crippen LogP contribution in [0.5, 0.6) is 0 Å². The van der Waals surface area contributed by atoms with Gasteiger partial charge in [-0.25, -0.2) is 0 Å². The van der Waals surface area contributed by atoms with Crippen LogP contribution in [0.25, 0.3) is 0 Å². The number of hydrogen-bond acceptors (Lipinski definition) is 3. The molecule has 0 saturated heterocycles. The highest BCUT2D eigenvalue weighted by Crippen LogP contribution is 2.22. The molecule has 0 aliphatic carbocycles. The molecule has 0 aliphatic rings. The van der Waals surface area contributed by atoms with E-state index in [1.807, 2.05) is 0 Å². The van der Waals surface area contributed by atoms with Gasteiger partial charge in [-0.1, -0.05) is 23.7 Å². The van der Waals surface area contributed by atoms with Crippen molar-refractivity contribution < 1.29 is 10.0 Å². The Hall–Kier alpha value is -1.27. The highest BCUT2D eigenvalue weighted by Gasteiger charge is 2.19. The van der Waals surface area contributed by atoms with Gasteiger partial charge in [0.25, 0.3) is 5.91 Å². The fourth-order valence-electron chi connectivity index (χ4n) is 1.55. The van der Waals surface area contributed by atoms with E-state index in [0.29, 0.717) is 21.6 Å². The van der Waals surface area contributed by atoms with Gasteiger partial charge in [0.05, 0.1) is 5.56 Å². The number of rotatable bonds is 4. The molecule has 3 N–H and O–H groups in total. The van der Waals surface area contributed by atoms with E-state index in [1.54, 1.807) is 32.2 Å². The first-order valence-electron chi connectivity index (χ1n) is 5.54. The quantitative estimate of drug-likeness (QED) is 0.380. The third-order valence-electron chi connectivity index (χ3n) is 2.67. The number of nitrogens with two attached hydrogens (primary N) is 1. The molecule has 1 aromatic carbocycles. The molecular formula is C12H15BrClN3O2. The van der Waals surface area contributed by atoms with Gasteiger partial charge in [0.2, 0.25) is 0 Å². The van der Waals surface area contributed by atoms with E-state index in [1.165, 1.54) is 4.90 Å². The summed E-state index contributed by atoms with van der Waals surface area (Å²) in [5, 5.41) is 12.0. The number of carbonyl (C=O) groups is 1. The first kappa shape index (κ1) is 15.8. The molecule has 0 aromatic heterocycles. The van der Waals surface area contributed by atoms with Crippen molar-refractivity contribution in [1.82, 2.24) is 4.90 Å². The van der Waals surface area contributed by atoms with Gasteiger partial charge >= 0.3 is 0 Å². The summed E-state index contributed by atoms with van der Waals surface area (Å²) in [6.45, 7) is 2.11. The van der Waals surface area contributed by atoms with E-state index in [2.05, 4.69) is 21.1 Å². The summed E-state index contributed by atoms with van der Waals surface area (Å²) in [5.74, 6) is -0.339. The molecule has 0 saturated carbocycles. The molecule has 0 spiro atoms. The van der Waals surface area contributed by atoms with Gasteiger partial charge in [0, 0.05) is 29.0 Å². The molecule has 1 atom stereocenters. The fraction of sp³-hybridized carbons (Fsp3) is 0.333. The Morgan fingerprint density at radius 3 is 2.84 bits per heavy atom. The lowest BCUT2D eigenvalue weighted by molar-refractivity contribution is 0.0785. The van der Waals surface area contributed by atoms with Crippen LogP contribution in [-0.4, -0.2) is 35.4 Å². The average Bonchev–Trinajstić information content (AvgIpc) is 2.39. The van der Waals surface area contributed by atoms with Gasteiger partial charge in [-0.15, -0.1) is 0 Å². The van der Waals surface area contributed by atoms with Crippen molar-refractivity contribution in [3.05, 3.63) is 33.3 Å². The molecule has 7 heteroatoms. The van der Waals surface area contributed by atoms with Gasteiger partial charge in [-0.2, -0.15) is 0 Å². The van der Waals surface area contributed by atoms with Crippen LogP contribution in [0.15, 0.2) is 27.8 Å². The summed E-state index contributed by atoms with van der Waals surface area (Å²) < 4.78 is 0.671. The fourth-order valence-corrected chi connectivity index (χ4v) is 2.14. The van der Waals surface area contributed by atoms with Crippen LogP contribution in [0, 0.1) is 5.92 Å². The molecular weight excluding hydrogens is 334 g/mol. The zero-order valence-corrected chi connectivity index (χ0v) is 12.9. The van der Waals surface area contributed by atoms with Crippen LogP contribution in [0.1, 0.15) is 17.3 Å². The maximum atomic E-state index is 12.3. The molecule has 5 nitrogen and oxygen atoms in total. The molecule has 0 aliphatic heterocycles. The molecule has 0 heterocycles. The lowest BCUT2D eigenvalue weighted by Gasteiger charge is -2.21. The van der Waals surface area contributed by atoms with E-state index in [9.17, 15) is 4.79 Å². The molecule has 0 radical (unpaired) electrons. The van der Waals surface area contributed by atoms with Crippen molar-refractivity contribution in [2.75, 3.05) is 13.6 Å². The largest absolute Gasteiger partial charge is 0.409 e. The number of nitrogens with zero attached hydrogens (tertiary/aromatic N) is 2. The second-order valence-corrected chi connectivity index (χ2v) is 5.53. The van der Waals surface area contributed by atoms with Gasteiger partial charge < -0.3 is 15.8 Å². The maximum absolute atomic E-state index is 12.3. The molecule has 1 rings (SSSR count). The third kappa shape index (κ3) is 4.11. The Morgan fingerprint density at radius 1 is 1.63 bits per heavy atom. The highest BCUT2D eigenvalue weighted by molar-refractivity contribution is 9.10. The van der Waals surface area contributed by atoms with Crippen molar-refractivity contribution in [2.24, 2.45) is 16.8 Å². The standard InChI is InChI=1S/C12H15BrClN3O2/c1-7(11(15)16-19)6-17(2)12(18)9-5-8(14)3-4-10(9)13/h3-5,7,19H,6H2,1-2H3,(H2,15,16). The van der Waals surface area contributed by atoms with Crippen LogP contribution in [0.4, 0.5) is 0 Å². The zero-order chi connectivity index (χ0) is 14.6. The van der Waals surface area contributed by atoms with Crippen molar-refractivity contribution in [3.63, 3.8) is 0 Å². The number of carbonyl (C=O) groups excluding carboxylic acids is 1. The highest BCUT2D eigenvalue weighted by atomic mass is 79.9. The second kappa shape index (κ2) is 6.77. The van der Waals surface area contributed by atoms with Crippen LogP contribution in [0.2, 0.25) is 5.02 Å². The molecule has 1 aromatic rings. The Balaban J connectivity index is 2.85. The number of halogens is 2. The van der Waals surface area contributed by atoms with Gasteiger partial charge in [0.1, 0.15) is 5.84 Å². The third-order valence-corrected chi connectivity index (χ3v) is 3.60. The van der Waals surface area contributed by atoms with Crippen molar-refractivity contribution in [2.45, 2.75) is 6.92 Å². The van der Waals surface area contributed by atoms with Gasteiger partial charge in [-0.05, 0) is 34.1 Å². The number of benzene rings is 1. The summed E-state index contributed by atoms with van der Waals surface area (Å²) in [6.07, 6.45) is 0. The van der Waals surface area contributed by atoms with E-state index in [0.717, 1.165) is 0 Å². The number of amidine groups is 1. The topological polar surface area (TPSA) is 78.9 Å². The lowest BCUT2D eigenvalue weighted by atomic mass is 10.1. The summed E-state index contributed by atoms with van der Waals surface area (Å²) >= 11 is 9.19. The molecule has 0 fully saturated rings. The Kier molecular flexibility index (Phi) is 5.62. The van der Waals surface area contributed by atoms with E-state index in [-0.39, 0.29) is 17.7 Å². The molecule has 0 bridgehead atoms. The minimum absolute atomic E-state index is 0.0878. The molecule has 19 heavy (non-hydrogen) atoms. The van der Waals surface area contributed by atoms with Crippen molar-refractivity contribution >= 4 is 39.3 Å². The Bertz CT molecular complexity index is 508. The van der Waals surface area contributed by atoms with Crippen LogP contribution in [0.3, 0.4) is 0 Å². The summed E-state index contributed by atoms with van der Waals surface area (Å²) in [4.78, 5) is 13.8. The van der Waals surface area contributed by atoms with Crippen molar-refractivity contribution in [1.29, 1.82) is 0 Å². The monoisotopic (exact) mass is 347 g/mol. The van der Waals surface area contributed by atoms with E-state index in [4.69, 9.17) is 22.5 Å². The Morgan fingerprint density at radius 2 is 2.26 bits per heavy atom. The molecule has 1 unspecified atom stereocenters. The second-order valence-electron chi connectivity index (χ2n) is 4.24. The number of hydrogen-bond donors (Lipinski definition) is 2. The van der Waals surface area contributed by atoms with Crippen LogP contribution in [-0.2, 0) is 0 Å². The normalized spacial score (nSPS) is 13.2. The molecule has 1 amide bonds. The molecule has 104 valence electrons. The minimum atomic E-state index is -0.239. The van der Waals surface area contributed by atoms with Crippen LogP contribution >= 0.6 is 27.5 Å². The van der Waals surface area contributed by atoms with Gasteiger partial charge in [0.15, 0.2) is 0 Å². The van der Waals surface area contributed by atoms with E-state index < -0.39 is 0 Å². The first-order valence-corrected chi connectivity index (χ1v) is 6.71. The maximum Gasteiger partial charge on any atom is 0.254 e. The summed E-state index contributed by atoms with van der Waals surface area (Å²) in [5.41, 5.74) is 5.96. The Labute approximate surface area is 125 Å². The zero-order valence-electron chi connectivity index (χ0n) is 10.6. The average molecular weight is 349 g/mol. The van der Waals surface area contributed by atoms with Gasteiger partial charge in [-0.3, -0.25) is 4.79 Å². The first-order chi connectivity index (χ1) is 8.86. The predicted molar refractivity (Wildman–Crippen MR) is 78.7 cm³/mol. The van der Waals surface area contributed by atoms with Crippen molar-refractivity contribution in [3.8, 4) is 0 Å². The van der Waals surface area contributed by atoms with E-state index >= 15 is 0 Å². The lowest BCUT2D eigenvalue weighted by Crippen LogP contribution is -2.36. The number of oxime groups is 1. The number of amides is 1. The smallest absolute Gasteiger partial charge is 0.254 e. The van der Waals surface area contributed by atoms with Crippen LogP contribution < -0.4 is 5.73 Å². The summed E-state index contributed by atoms with van der Waals surface area (Å²) in [6, 6.07) is 5.01. The predicted octanol–water partition coefficient (Wildman–Crippen LogP) is 2.56.